The summed E-state index contributed by atoms with van der Waals surface area (Å²) in [6, 6.07) is 10.5. The molecule has 6 nitrogen and oxygen atoms in total. The SMILES string of the molecule is CC.CC.CS/C=C\CC=N/C=C/C=C(\C=C\N=CCCCCC(=O)O)C(=O)N1CCC(c2ccccc2)CC1. The van der Waals surface area contributed by atoms with E-state index in [1.165, 1.54) is 5.56 Å². The number of amides is 1. The number of piperidine rings is 1. The summed E-state index contributed by atoms with van der Waals surface area (Å²) in [4.78, 5) is 34.3. The van der Waals surface area contributed by atoms with E-state index in [2.05, 4.69) is 34.3 Å². The van der Waals surface area contributed by atoms with Gasteiger partial charge in [-0.3, -0.25) is 19.6 Å². The molecule has 2 rings (SSSR count). The van der Waals surface area contributed by atoms with Gasteiger partial charge < -0.3 is 10.0 Å². The second-order valence-electron chi connectivity index (χ2n) is 8.40. The molecule has 1 amide bonds. The topological polar surface area (TPSA) is 82.3 Å². The summed E-state index contributed by atoms with van der Waals surface area (Å²) in [5.74, 6) is -0.300. The van der Waals surface area contributed by atoms with Gasteiger partial charge in [0.15, 0.2) is 0 Å². The van der Waals surface area contributed by atoms with Crippen molar-refractivity contribution in [3.05, 3.63) is 83.6 Å². The van der Waals surface area contributed by atoms with E-state index in [1.807, 2.05) is 62.6 Å². The first-order valence-electron chi connectivity index (χ1n) is 14.4. The van der Waals surface area contributed by atoms with E-state index >= 15 is 0 Å². The Morgan fingerprint density at radius 1 is 1.00 bits per heavy atom. The average Bonchev–Trinajstić information content (AvgIpc) is 3.00. The number of carbonyl (C=O) groups is 2. The van der Waals surface area contributed by atoms with Gasteiger partial charge in [0.05, 0.1) is 0 Å². The van der Waals surface area contributed by atoms with Crippen molar-refractivity contribution in [2.24, 2.45) is 9.98 Å². The van der Waals surface area contributed by atoms with Crippen molar-refractivity contribution in [2.75, 3.05) is 19.3 Å². The summed E-state index contributed by atoms with van der Waals surface area (Å²) < 4.78 is 0. The van der Waals surface area contributed by atoms with Gasteiger partial charge >= 0.3 is 5.97 Å². The van der Waals surface area contributed by atoms with Crippen LogP contribution in [-0.4, -0.2) is 53.7 Å². The van der Waals surface area contributed by atoms with Gasteiger partial charge in [-0.25, -0.2) is 0 Å². The number of hydrogen-bond donors (Lipinski definition) is 1. The number of aliphatic carboxylic acids is 1. The fourth-order valence-corrected chi connectivity index (χ4v) is 4.13. The zero-order chi connectivity index (χ0) is 29.8. The van der Waals surface area contributed by atoms with Crippen molar-refractivity contribution < 1.29 is 14.7 Å². The summed E-state index contributed by atoms with van der Waals surface area (Å²) in [6.45, 7) is 9.44. The van der Waals surface area contributed by atoms with Crippen LogP contribution >= 0.6 is 11.8 Å². The van der Waals surface area contributed by atoms with Crippen LogP contribution in [0.5, 0.6) is 0 Å². The molecule has 1 aromatic carbocycles. The molecule has 220 valence electrons. The van der Waals surface area contributed by atoms with Gasteiger partial charge in [-0.2, -0.15) is 0 Å². The minimum atomic E-state index is -0.776. The highest BCUT2D eigenvalue weighted by Crippen LogP contribution is 2.28. The molecule has 1 aromatic rings. The summed E-state index contributed by atoms with van der Waals surface area (Å²) >= 11 is 1.65. The van der Waals surface area contributed by atoms with Gasteiger partial charge in [0, 0.05) is 56.3 Å². The maximum absolute atomic E-state index is 13.3. The normalized spacial score (nSPS) is 14.6. The maximum Gasteiger partial charge on any atom is 0.303 e. The van der Waals surface area contributed by atoms with Gasteiger partial charge in [0.1, 0.15) is 0 Å². The number of hydrogen-bond acceptors (Lipinski definition) is 5. The Balaban J connectivity index is 0.00000363. The highest BCUT2D eigenvalue weighted by Gasteiger charge is 2.24. The van der Waals surface area contributed by atoms with E-state index in [-0.39, 0.29) is 12.3 Å². The van der Waals surface area contributed by atoms with Crippen LogP contribution in [-0.2, 0) is 9.59 Å². The number of carbonyl (C=O) groups excluding carboxylic acids is 1. The largest absolute Gasteiger partial charge is 0.481 e. The van der Waals surface area contributed by atoms with E-state index in [9.17, 15) is 9.59 Å². The average molecular weight is 568 g/mol. The number of thioether (sulfide) groups is 1. The Morgan fingerprint density at radius 3 is 2.33 bits per heavy atom. The van der Waals surface area contributed by atoms with Crippen LogP contribution in [0, 0.1) is 0 Å². The molecule has 0 atom stereocenters. The molecule has 0 saturated carbocycles. The van der Waals surface area contributed by atoms with Crippen molar-refractivity contribution in [3.8, 4) is 0 Å². The van der Waals surface area contributed by atoms with Gasteiger partial charge in [-0.1, -0.05) is 64.1 Å². The van der Waals surface area contributed by atoms with E-state index in [0.29, 0.717) is 24.3 Å². The van der Waals surface area contributed by atoms with E-state index in [4.69, 9.17) is 5.11 Å². The smallest absolute Gasteiger partial charge is 0.303 e. The lowest BCUT2D eigenvalue weighted by Crippen LogP contribution is -2.38. The zero-order valence-corrected chi connectivity index (χ0v) is 25.9. The molecule has 0 spiro atoms. The summed E-state index contributed by atoms with van der Waals surface area (Å²) in [7, 11) is 0. The molecule has 7 heteroatoms. The second kappa shape index (κ2) is 26.1. The van der Waals surface area contributed by atoms with Crippen molar-refractivity contribution in [3.63, 3.8) is 0 Å². The molecule has 1 fully saturated rings. The third-order valence-corrected chi connectivity index (χ3v) is 6.21. The number of allylic oxidation sites excluding steroid dienone is 3. The minimum absolute atomic E-state index is 0.00838. The Kier molecular flexibility index (Phi) is 24.0. The molecule has 0 radical (unpaired) electrons. The van der Waals surface area contributed by atoms with Crippen LogP contribution in [0.25, 0.3) is 0 Å². The van der Waals surface area contributed by atoms with E-state index in [1.54, 1.807) is 48.6 Å². The van der Waals surface area contributed by atoms with E-state index < -0.39 is 5.97 Å². The van der Waals surface area contributed by atoms with Crippen LogP contribution in [0.3, 0.4) is 0 Å². The number of rotatable bonds is 14. The maximum atomic E-state index is 13.3. The first kappa shape index (κ1) is 36.8. The van der Waals surface area contributed by atoms with Crippen LogP contribution in [0.2, 0.25) is 0 Å². The molecule has 0 aliphatic carbocycles. The molecule has 0 unspecified atom stereocenters. The van der Waals surface area contributed by atoms with Crippen LogP contribution in [0.4, 0.5) is 0 Å². The third kappa shape index (κ3) is 17.4. The lowest BCUT2D eigenvalue weighted by molar-refractivity contribution is -0.137. The number of nitrogens with zero attached hydrogens (tertiary/aromatic N) is 3. The predicted molar refractivity (Wildman–Crippen MR) is 174 cm³/mol. The van der Waals surface area contributed by atoms with Crippen molar-refractivity contribution in [1.29, 1.82) is 0 Å². The Labute approximate surface area is 246 Å². The molecule has 1 aliphatic heterocycles. The first-order valence-corrected chi connectivity index (χ1v) is 15.7. The van der Waals surface area contributed by atoms with Gasteiger partial charge in [0.2, 0.25) is 0 Å². The summed E-state index contributed by atoms with van der Waals surface area (Å²) in [5, 5.41) is 10.7. The summed E-state index contributed by atoms with van der Waals surface area (Å²) in [6.07, 6.45) is 21.2. The lowest BCUT2D eigenvalue weighted by Gasteiger charge is -2.32. The number of carboxylic acid groups (broad SMARTS) is 1. The highest BCUT2D eigenvalue weighted by molar-refractivity contribution is 8.01. The molecule has 1 N–H and O–H groups in total. The molecule has 0 aromatic heterocycles. The predicted octanol–water partition coefficient (Wildman–Crippen LogP) is 8.45. The van der Waals surface area contributed by atoms with Gasteiger partial charge in [0.25, 0.3) is 5.91 Å². The number of carboxylic acids is 1. The Morgan fingerprint density at radius 2 is 1.68 bits per heavy atom. The minimum Gasteiger partial charge on any atom is -0.481 e. The highest BCUT2D eigenvalue weighted by atomic mass is 32.2. The Bertz CT molecular complexity index is 974. The van der Waals surface area contributed by atoms with Crippen LogP contribution in [0.1, 0.15) is 84.1 Å². The molecule has 0 bridgehead atoms. The fraction of sp³-hybridized carbons (Fsp3) is 0.455. The van der Waals surface area contributed by atoms with Crippen molar-refractivity contribution in [1.82, 2.24) is 4.90 Å². The standard InChI is InChI=1S/C29H37N3O3S.2C2H6/c1-36-24-9-8-19-30-20-10-13-27(15-21-31-18-7-3-6-14-28(33)34)29(35)32-22-16-26(17-23-32)25-11-4-2-5-12-25;2*1-2/h2,4-5,9-13,15,18-21,24,26H,3,6-8,14,16-17,22-23H2,1H3,(H,33,34);2*1-2H3/b20-10+,21-15+,24-9-,27-13+,30-19?,31-18?;;. The van der Waals surface area contributed by atoms with Crippen LogP contribution in [0.15, 0.2) is 88.0 Å². The van der Waals surface area contributed by atoms with Gasteiger partial charge in [-0.05, 0) is 73.5 Å². The monoisotopic (exact) mass is 567 g/mol. The van der Waals surface area contributed by atoms with Gasteiger partial charge in [-0.15, -0.1) is 11.8 Å². The quantitative estimate of drug-likeness (QED) is 0.106. The number of aliphatic imine (C=N–C) groups is 2. The first-order chi connectivity index (χ1) is 19.6. The van der Waals surface area contributed by atoms with E-state index in [0.717, 1.165) is 38.8 Å². The molecule has 1 heterocycles. The summed E-state index contributed by atoms with van der Waals surface area (Å²) in [5.41, 5.74) is 1.90. The molecular weight excluding hydrogens is 518 g/mol. The zero-order valence-electron chi connectivity index (χ0n) is 25.0. The molecule has 1 aliphatic rings. The van der Waals surface area contributed by atoms with Crippen LogP contribution < -0.4 is 0 Å². The third-order valence-electron chi connectivity index (χ3n) is 5.75. The number of benzene rings is 1. The lowest BCUT2D eigenvalue weighted by atomic mass is 9.89. The number of likely N-dealkylation sites (tertiary alicyclic amines) is 1. The Hall–Kier alpha value is -3.19. The molecule has 40 heavy (non-hydrogen) atoms. The van der Waals surface area contributed by atoms with Crippen molar-refractivity contribution in [2.45, 2.75) is 78.6 Å². The second-order valence-corrected chi connectivity index (χ2v) is 9.15. The van der Waals surface area contributed by atoms with Crippen molar-refractivity contribution >= 4 is 36.1 Å². The molecular formula is C33H49N3O3S. The fourth-order valence-electron chi connectivity index (χ4n) is 3.82. The molecule has 1 saturated heterocycles. The number of unbranched alkanes of at least 4 members (excludes halogenated alkanes) is 2.